The van der Waals surface area contributed by atoms with Gasteiger partial charge in [0, 0.05) is 12.8 Å². The van der Waals surface area contributed by atoms with Crippen molar-refractivity contribution in [3.05, 3.63) is 36.5 Å². The van der Waals surface area contributed by atoms with Crippen LogP contribution in [-0.4, -0.2) is 47.4 Å². The van der Waals surface area contributed by atoms with Crippen molar-refractivity contribution in [2.45, 2.75) is 264 Å². The summed E-state index contributed by atoms with van der Waals surface area (Å²) in [5, 5.41) is 22.9. The van der Waals surface area contributed by atoms with Gasteiger partial charge in [0.1, 0.15) is 0 Å². The molecule has 0 rings (SSSR count). The fourth-order valence-electron chi connectivity index (χ4n) is 7.27. The van der Waals surface area contributed by atoms with Crippen LogP contribution in [0, 0.1) is 0 Å². The third kappa shape index (κ3) is 43.5. The monoisotopic (exact) mass is 802 g/mol. The van der Waals surface area contributed by atoms with Crippen LogP contribution in [0.15, 0.2) is 36.5 Å². The summed E-state index contributed by atoms with van der Waals surface area (Å²) in [4.78, 5) is 24.4. The summed E-state index contributed by atoms with van der Waals surface area (Å²) in [5.41, 5.74) is 0. The molecule has 0 fully saturated rings. The highest BCUT2D eigenvalue weighted by Gasteiger charge is 2.18. The molecule has 57 heavy (non-hydrogen) atoms. The van der Waals surface area contributed by atoms with Gasteiger partial charge in [-0.15, -0.1) is 0 Å². The van der Waals surface area contributed by atoms with Gasteiger partial charge in [-0.05, 0) is 83.5 Å². The molecule has 0 aromatic carbocycles. The van der Waals surface area contributed by atoms with Crippen molar-refractivity contribution >= 4 is 11.9 Å². The molecule has 0 aromatic heterocycles. The molecule has 1 amide bonds. The van der Waals surface area contributed by atoms with Gasteiger partial charge < -0.3 is 20.3 Å². The predicted molar refractivity (Wildman–Crippen MR) is 246 cm³/mol. The number of aliphatic hydroxyl groups excluding tert-OH is 2. The number of hydrogen-bond donors (Lipinski definition) is 3. The third-order valence-electron chi connectivity index (χ3n) is 11.1. The lowest BCUT2D eigenvalue weighted by atomic mass is 10.1. The smallest absolute Gasteiger partial charge is 0.305 e. The van der Waals surface area contributed by atoms with Gasteiger partial charge in [0.05, 0.1) is 25.4 Å². The van der Waals surface area contributed by atoms with Gasteiger partial charge in [0.25, 0.3) is 0 Å². The molecule has 0 saturated carbocycles. The van der Waals surface area contributed by atoms with Crippen LogP contribution in [0.2, 0.25) is 0 Å². The number of allylic oxidation sites excluding steroid dienone is 5. The van der Waals surface area contributed by atoms with Gasteiger partial charge in [0.15, 0.2) is 0 Å². The maximum Gasteiger partial charge on any atom is 0.305 e. The first-order chi connectivity index (χ1) is 28.0. The second-order valence-corrected chi connectivity index (χ2v) is 16.8. The van der Waals surface area contributed by atoms with Gasteiger partial charge in [0.2, 0.25) is 5.91 Å². The van der Waals surface area contributed by atoms with E-state index in [2.05, 4.69) is 43.5 Å². The number of amides is 1. The summed E-state index contributed by atoms with van der Waals surface area (Å²) in [5.74, 6) is -0.102. The normalized spacial score (nSPS) is 13.0. The number of carbonyl (C=O) groups is 2. The van der Waals surface area contributed by atoms with Gasteiger partial charge in [-0.2, -0.15) is 0 Å². The number of unbranched alkanes of at least 4 members (excludes halogenated alkanes) is 30. The Bertz CT molecular complexity index is 931. The van der Waals surface area contributed by atoms with Crippen molar-refractivity contribution in [1.29, 1.82) is 0 Å². The first-order valence-corrected chi connectivity index (χ1v) is 24.8. The van der Waals surface area contributed by atoms with E-state index in [-0.39, 0.29) is 18.5 Å². The van der Waals surface area contributed by atoms with Crippen LogP contribution >= 0.6 is 0 Å². The minimum absolute atomic E-state index is 0.0141. The summed E-state index contributed by atoms with van der Waals surface area (Å²) in [7, 11) is 0. The number of nitrogens with one attached hydrogen (secondary N) is 1. The van der Waals surface area contributed by atoms with E-state index < -0.39 is 12.1 Å². The minimum atomic E-state index is -0.853. The quantitative estimate of drug-likeness (QED) is 0.0324. The molecular weight excluding hydrogens is 707 g/mol. The molecule has 6 heteroatoms. The first kappa shape index (κ1) is 55.1. The lowest BCUT2D eigenvalue weighted by molar-refractivity contribution is -0.143. The van der Waals surface area contributed by atoms with Crippen LogP contribution in [0.25, 0.3) is 0 Å². The zero-order valence-electron chi connectivity index (χ0n) is 37.8. The van der Waals surface area contributed by atoms with Gasteiger partial charge >= 0.3 is 5.97 Å². The van der Waals surface area contributed by atoms with Gasteiger partial charge in [-0.1, -0.05) is 192 Å². The highest BCUT2D eigenvalue weighted by atomic mass is 16.5. The fourth-order valence-corrected chi connectivity index (χ4v) is 7.27. The van der Waals surface area contributed by atoms with Crippen LogP contribution in [0.3, 0.4) is 0 Å². The summed E-state index contributed by atoms with van der Waals surface area (Å²) in [6, 6.07) is -0.639. The average Bonchev–Trinajstić information content (AvgIpc) is 3.21. The van der Waals surface area contributed by atoms with Crippen LogP contribution < -0.4 is 5.32 Å². The van der Waals surface area contributed by atoms with Crippen molar-refractivity contribution in [1.82, 2.24) is 5.32 Å². The molecule has 6 nitrogen and oxygen atoms in total. The van der Waals surface area contributed by atoms with Crippen molar-refractivity contribution in [3.8, 4) is 0 Å². The lowest BCUT2D eigenvalue weighted by Gasteiger charge is -2.20. The van der Waals surface area contributed by atoms with E-state index in [0.717, 1.165) is 64.2 Å². The molecule has 0 bridgehead atoms. The number of ether oxygens (including phenoxy) is 1. The van der Waals surface area contributed by atoms with Crippen molar-refractivity contribution in [3.63, 3.8) is 0 Å². The van der Waals surface area contributed by atoms with Crippen molar-refractivity contribution in [2.24, 2.45) is 0 Å². The Hall–Kier alpha value is -1.92. The average molecular weight is 802 g/mol. The summed E-state index contributed by atoms with van der Waals surface area (Å²) in [6.07, 6.45) is 55.7. The maximum absolute atomic E-state index is 12.4. The molecule has 0 saturated heterocycles. The standard InChI is InChI=1S/C51H95NO5/c1-3-5-7-9-11-13-15-20-25-29-33-37-41-45-51(56)57-46-42-38-34-30-26-22-19-17-16-18-21-24-28-32-36-40-44-50(55)52-48(47-53)49(54)43-39-35-31-27-23-14-12-10-8-6-4-2/h13,15-16,18,39,43,48-49,53-54H,3-12,14,17,19-38,40-42,44-47H2,1-2H3,(H,52,55)/b15-13-,18-16-,43-39+. The molecule has 0 aliphatic rings. The summed E-state index contributed by atoms with van der Waals surface area (Å²) < 4.78 is 5.44. The van der Waals surface area contributed by atoms with Crippen LogP contribution in [0.5, 0.6) is 0 Å². The van der Waals surface area contributed by atoms with E-state index >= 15 is 0 Å². The van der Waals surface area contributed by atoms with E-state index in [4.69, 9.17) is 4.74 Å². The van der Waals surface area contributed by atoms with Gasteiger partial charge in [-0.3, -0.25) is 9.59 Å². The summed E-state index contributed by atoms with van der Waals surface area (Å²) in [6.45, 7) is 4.83. The number of esters is 1. The third-order valence-corrected chi connectivity index (χ3v) is 11.1. The maximum atomic E-state index is 12.4. The second-order valence-electron chi connectivity index (χ2n) is 16.8. The SMILES string of the molecule is CCCCCC/C=C\CCCCCCCC(=O)OCCCCCCCCC/C=C\CCCCCCCC(=O)NC(CO)C(O)/C=C/CCCCCCCCCCC. The molecule has 2 unspecified atom stereocenters. The van der Waals surface area contributed by atoms with Crippen molar-refractivity contribution < 1.29 is 24.5 Å². The molecule has 3 N–H and O–H groups in total. The molecule has 334 valence electrons. The molecule has 0 aromatic rings. The van der Waals surface area contributed by atoms with Crippen LogP contribution in [0.1, 0.15) is 251 Å². The number of carbonyl (C=O) groups excluding carboxylic acids is 2. The van der Waals surface area contributed by atoms with E-state index in [1.807, 2.05) is 6.08 Å². The van der Waals surface area contributed by atoms with E-state index in [1.165, 1.54) is 161 Å². The first-order valence-electron chi connectivity index (χ1n) is 24.8. The number of rotatable bonds is 45. The molecule has 0 radical (unpaired) electrons. The molecule has 0 heterocycles. The second kappa shape index (κ2) is 46.8. The topological polar surface area (TPSA) is 95.9 Å². The molecule has 0 spiro atoms. The Labute approximate surface area is 353 Å². The number of aliphatic hydroxyl groups is 2. The fraction of sp³-hybridized carbons (Fsp3) is 0.843. The van der Waals surface area contributed by atoms with Crippen LogP contribution in [0.4, 0.5) is 0 Å². The Morgan fingerprint density at radius 3 is 1.26 bits per heavy atom. The Morgan fingerprint density at radius 2 is 0.825 bits per heavy atom. The van der Waals surface area contributed by atoms with Gasteiger partial charge in [-0.25, -0.2) is 0 Å². The molecule has 2 atom stereocenters. The largest absolute Gasteiger partial charge is 0.466 e. The predicted octanol–water partition coefficient (Wildman–Crippen LogP) is 14.5. The molecule has 0 aliphatic carbocycles. The van der Waals surface area contributed by atoms with E-state index in [0.29, 0.717) is 19.4 Å². The minimum Gasteiger partial charge on any atom is -0.466 e. The Kier molecular flexibility index (Phi) is 45.2. The number of hydrogen-bond acceptors (Lipinski definition) is 5. The summed E-state index contributed by atoms with van der Waals surface area (Å²) >= 11 is 0. The molecule has 0 aliphatic heterocycles. The van der Waals surface area contributed by atoms with Crippen molar-refractivity contribution in [2.75, 3.05) is 13.2 Å². The van der Waals surface area contributed by atoms with E-state index in [9.17, 15) is 19.8 Å². The highest BCUT2D eigenvalue weighted by Crippen LogP contribution is 2.14. The lowest BCUT2D eigenvalue weighted by Crippen LogP contribution is -2.45. The van der Waals surface area contributed by atoms with E-state index in [1.54, 1.807) is 6.08 Å². The molecular formula is C51H95NO5. The Morgan fingerprint density at radius 1 is 0.474 bits per heavy atom. The highest BCUT2D eigenvalue weighted by molar-refractivity contribution is 5.76. The zero-order chi connectivity index (χ0) is 41.5. The Balaban J connectivity index is 3.50. The zero-order valence-corrected chi connectivity index (χ0v) is 37.8. The van der Waals surface area contributed by atoms with Crippen LogP contribution in [-0.2, 0) is 14.3 Å².